The Hall–Kier alpha value is -2.34. The van der Waals surface area contributed by atoms with Crippen LogP contribution in [0.15, 0.2) is 36.4 Å². The van der Waals surface area contributed by atoms with E-state index in [-0.39, 0.29) is 22.3 Å². The van der Waals surface area contributed by atoms with Crippen molar-refractivity contribution in [2.24, 2.45) is 0 Å². The standard InChI is InChI=1S/C12H10ClN3O3/c1-14-11-3-2-4-12(15-11)19-10-6-5-8(13)7-9(10)16(17)18/h2-7H,1H3,(H,14,15). The molecule has 0 unspecified atom stereocenters. The molecule has 1 aromatic heterocycles. The summed E-state index contributed by atoms with van der Waals surface area (Å²) < 4.78 is 5.42. The van der Waals surface area contributed by atoms with Crippen LogP contribution in [0.3, 0.4) is 0 Å². The minimum absolute atomic E-state index is 0.0927. The van der Waals surface area contributed by atoms with Gasteiger partial charge in [0.15, 0.2) is 0 Å². The van der Waals surface area contributed by atoms with E-state index in [1.807, 2.05) is 0 Å². The van der Waals surface area contributed by atoms with Crippen LogP contribution in [0, 0.1) is 10.1 Å². The lowest BCUT2D eigenvalue weighted by Crippen LogP contribution is -1.96. The summed E-state index contributed by atoms with van der Waals surface area (Å²) >= 11 is 5.73. The van der Waals surface area contributed by atoms with Crippen molar-refractivity contribution < 1.29 is 9.66 Å². The monoisotopic (exact) mass is 279 g/mol. The molecule has 19 heavy (non-hydrogen) atoms. The first-order valence-corrected chi connectivity index (χ1v) is 5.74. The van der Waals surface area contributed by atoms with Crippen molar-refractivity contribution in [1.82, 2.24) is 4.98 Å². The molecule has 0 saturated heterocycles. The highest BCUT2D eigenvalue weighted by Gasteiger charge is 2.16. The van der Waals surface area contributed by atoms with Gasteiger partial charge in [0.05, 0.1) is 4.92 Å². The summed E-state index contributed by atoms with van der Waals surface area (Å²) in [5, 5.41) is 14.0. The quantitative estimate of drug-likeness (QED) is 0.685. The predicted octanol–water partition coefficient (Wildman–Crippen LogP) is 3.48. The van der Waals surface area contributed by atoms with Crippen molar-refractivity contribution in [3.05, 3.63) is 51.5 Å². The fourth-order valence-corrected chi connectivity index (χ4v) is 1.61. The second-order valence-corrected chi connectivity index (χ2v) is 4.02. The lowest BCUT2D eigenvalue weighted by atomic mass is 10.3. The third-order valence-electron chi connectivity index (χ3n) is 2.31. The number of pyridine rings is 1. The van der Waals surface area contributed by atoms with Gasteiger partial charge in [-0.25, -0.2) is 0 Å². The fraction of sp³-hybridized carbons (Fsp3) is 0.0833. The summed E-state index contributed by atoms with van der Waals surface area (Å²) in [6, 6.07) is 9.29. The number of nitrogens with zero attached hydrogens (tertiary/aromatic N) is 2. The Bertz CT molecular complexity index is 619. The molecule has 0 bridgehead atoms. The Kier molecular flexibility index (Phi) is 3.82. The zero-order valence-electron chi connectivity index (χ0n) is 9.96. The first-order valence-electron chi connectivity index (χ1n) is 5.37. The minimum Gasteiger partial charge on any atom is -0.432 e. The molecular weight excluding hydrogens is 270 g/mol. The van der Waals surface area contributed by atoms with Crippen molar-refractivity contribution >= 4 is 23.1 Å². The number of halogens is 1. The molecule has 98 valence electrons. The van der Waals surface area contributed by atoms with Crippen molar-refractivity contribution in [2.45, 2.75) is 0 Å². The van der Waals surface area contributed by atoms with E-state index in [0.29, 0.717) is 5.82 Å². The van der Waals surface area contributed by atoms with E-state index < -0.39 is 4.92 Å². The van der Waals surface area contributed by atoms with E-state index in [4.69, 9.17) is 16.3 Å². The van der Waals surface area contributed by atoms with Crippen LogP contribution in [0.5, 0.6) is 11.6 Å². The van der Waals surface area contributed by atoms with Gasteiger partial charge >= 0.3 is 5.69 Å². The second kappa shape index (κ2) is 5.53. The Labute approximate surface area is 114 Å². The van der Waals surface area contributed by atoms with E-state index in [9.17, 15) is 10.1 Å². The molecule has 0 amide bonds. The smallest absolute Gasteiger partial charge is 0.313 e. The van der Waals surface area contributed by atoms with Crippen molar-refractivity contribution in [2.75, 3.05) is 12.4 Å². The average Bonchev–Trinajstić information content (AvgIpc) is 2.41. The average molecular weight is 280 g/mol. The van der Waals surface area contributed by atoms with Crippen LogP contribution in [0.1, 0.15) is 0 Å². The Morgan fingerprint density at radius 2 is 2.16 bits per heavy atom. The molecule has 7 heteroatoms. The molecule has 0 atom stereocenters. The number of nitro benzene ring substituents is 1. The van der Waals surface area contributed by atoms with Gasteiger partial charge in [0, 0.05) is 24.2 Å². The first-order chi connectivity index (χ1) is 9.10. The maximum atomic E-state index is 10.9. The van der Waals surface area contributed by atoms with Gasteiger partial charge in [-0.3, -0.25) is 10.1 Å². The molecular formula is C12H10ClN3O3. The van der Waals surface area contributed by atoms with Gasteiger partial charge in [-0.1, -0.05) is 17.7 Å². The third-order valence-corrected chi connectivity index (χ3v) is 2.55. The summed E-state index contributed by atoms with van der Waals surface area (Å²) in [6.45, 7) is 0. The number of hydrogen-bond acceptors (Lipinski definition) is 5. The first kappa shape index (κ1) is 13.1. The molecule has 1 heterocycles. The summed E-state index contributed by atoms with van der Waals surface area (Å²) in [5.41, 5.74) is -0.204. The van der Waals surface area contributed by atoms with Crippen LogP contribution in [0.2, 0.25) is 5.02 Å². The summed E-state index contributed by atoms with van der Waals surface area (Å²) in [7, 11) is 1.72. The highest BCUT2D eigenvalue weighted by Crippen LogP contribution is 2.33. The number of hydrogen-bond donors (Lipinski definition) is 1. The molecule has 0 saturated carbocycles. The number of ether oxygens (including phenoxy) is 1. The van der Waals surface area contributed by atoms with Gasteiger partial charge in [-0.05, 0) is 18.2 Å². The van der Waals surface area contributed by atoms with Gasteiger partial charge in [-0.15, -0.1) is 0 Å². The normalized spacial score (nSPS) is 10.0. The van der Waals surface area contributed by atoms with Gasteiger partial charge in [0.1, 0.15) is 5.82 Å². The molecule has 0 fully saturated rings. The van der Waals surface area contributed by atoms with Crippen molar-refractivity contribution in [1.29, 1.82) is 0 Å². The van der Waals surface area contributed by atoms with E-state index >= 15 is 0 Å². The zero-order valence-corrected chi connectivity index (χ0v) is 10.7. The van der Waals surface area contributed by atoms with E-state index in [2.05, 4.69) is 10.3 Å². The number of benzene rings is 1. The molecule has 6 nitrogen and oxygen atoms in total. The molecule has 0 radical (unpaired) electrons. The van der Waals surface area contributed by atoms with Crippen LogP contribution < -0.4 is 10.1 Å². The molecule has 2 rings (SSSR count). The molecule has 1 aromatic carbocycles. The largest absolute Gasteiger partial charge is 0.432 e. The lowest BCUT2D eigenvalue weighted by Gasteiger charge is -2.07. The van der Waals surface area contributed by atoms with Crippen LogP contribution in [0.25, 0.3) is 0 Å². The topological polar surface area (TPSA) is 77.3 Å². The Balaban J connectivity index is 2.34. The number of rotatable bonds is 4. The van der Waals surface area contributed by atoms with Crippen LogP contribution in [0.4, 0.5) is 11.5 Å². The highest BCUT2D eigenvalue weighted by molar-refractivity contribution is 6.30. The predicted molar refractivity (Wildman–Crippen MR) is 72.0 cm³/mol. The molecule has 0 spiro atoms. The number of nitrogens with one attached hydrogen (secondary N) is 1. The summed E-state index contributed by atoms with van der Waals surface area (Å²) in [4.78, 5) is 14.5. The van der Waals surface area contributed by atoms with Crippen LogP contribution in [-0.4, -0.2) is 17.0 Å². The van der Waals surface area contributed by atoms with Gasteiger partial charge < -0.3 is 10.1 Å². The SMILES string of the molecule is CNc1cccc(Oc2ccc(Cl)cc2[N+](=O)[O-])n1. The van der Waals surface area contributed by atoms with Crippen LogP contribution >= 0.6 is 11.6 Å². The van der Waals surface area contributed by atoms with E-state index in [1.54, 1.807) is 25.2 Å². The molecule has 0 aliphatic heterocycles. The highest BCUT2D eigenvalue weighted by atomic mass is 35.5. The maximum absolute atomic E-state index is 10.9. The molecule has 0 aliphatic carbocycles. The zero-order chi connectivity index (χ0) is 13.8. The molecule has 0 aliphatic rings. The van der Waals surface area contributed by atoms with E-state index in [1.165, 1.54) is 18.2 Å². The minimum atomic E-state index is -0.552. The van der Waals surface area contributed by atoms with Gasteiger partial charge in [0.2, 0.25) is 11.6 Å². The van der Waals surface area contributed by atoms with Gasteiger partial charge in [-0.2, -0.15) is 4.98 Å². The van der Waals surface area contributed by atoms with Crippen molar-refractivity contribution in [3.63, 3.8) is 0 Å². The third kappa shape index (κ3) is 3.11. The van der Waals surface area contributed by atoms with E-state index in [0.717, 1.165) is 0 Å². The van der Waals surface area contributed by atoms with Crippen LogP contribution in [-0.2, 0) is 0 Å². The molecule has 2 aromatic rings. The number of anilines is 1. The Morgan fingerprint density at radius 1 is 1.37 bits per heavy atom. The second-order valence-electron chi connectivity index (χ2n) is 3.58. The van der Waals surface area contributed by atoms with Crippen molar-refractivity contribution in [3.8, 4) is 11.6 Å². The summed E-state index contributed by atoms with van der Waals surface area (Å²) in [5.74, 6) is 0.960. The van der Waals surface area contributed by atoms with Gasteiger partial charge in [0.25, 0.3) is 0 Å². The Morgan fingerprint density at radius 3 is 2.84 bits per heavy atom. The number of aromatic nitrogens is 1. The maximum Gasteiger partial charge on any atom is 0.313 e. The fourth-order valence-electron chi connectivity index (χ4n) is 1.44. The summed E-state index contributed by atoms with van der Waals surface area (Å²) in [6.07, 6.45) is 0. The lowest BCUT2D eigenvalue weighted by molar-refractivity contribution is -0.385. The molecule has 1 N–H and O–H groups in total. The number of nitro groups is 1.